The first-order chi connectivity index (χ1) is 15.9. The predicted molar refractivity (Wildman–Crippen MR) is 116 cm³/mol. The highest BCUT2D eigenvalue weighted by Gasteiger charge is 2.38. The van der Waals surface area contributed by atoms with Gasteiger partial charge in [0.1, 0.15) is 30.5 Å². The van der Waals surface area contributed by atoms with E-state index in [2.05, 4.69) is 15.4 Å². The minimum atomic E-state index is -0.811. The van der Waals surface area contributed by atoms with Crippen molar-refractivity contribution >= 4 is 23.5 Å². The molecule has 0 saturated heterocycles. The molecule has 1 atom stereocenters. The van der Waals surface area contributed by atoms with Gasteiger partial charge in [-0.15, -0.1) is 0 Å². The lowest BCUT2D eigenvalue weighted by Gasteiger charge is -2.35. The maximum absolute atomic E-state index is 13.5. The molecule has 3 aromatic rings. The van der Waals surface area contributed by atoms with E-state index in [1.165, 1.54) is 11.2 Å². The Morgan fingerprint density at radius 1 is 1.12 bits per heavy atom. The molecule has 0 saturated carbocycles. The molecular formula is C23H21F2N5O3. The third kappa shape index (κ3) is 4.45. The second-order valence-electron chi connectivity index (χ2n) is 7.33. The van der Waals surface area contributed by atoms with Crippen LogP contribution in [0.15, 0.2) is 66.1 Å². The van der Waals surface area contributed by atoms with Crippen LogP contribution in [0.1, 0.15) is 25.5 Å². The van der Waals surface area contributed by atoms with Gasteiger partial charge in [0.05, 0.1) is 12.2 Å². The van der Waals surface area contributed by atoms with Gasteiger partial charge in [0, 0.05) is 17.5 Å². The first-order valence-electron chi connectivity index (χ1n) is 10.2. The van der Waals surface area contributed by atoms with E-state index in [4.69, 9.17) is 4.74 Å². The monoisotopic (exact) mass is 453 g/mol. The third-order valence-electron chi connectivity index (χ3n) is 5.17. The number of fused-ring (bicyclic) bond motifs is 1. The summed E-state index contributed by atoms with van der Waals surface area (Å²) < 4.78 is 33.8. The number of benzene rings is 2. The summed E-state index contributed by atoms with van der Waals surface area (Å²) in [7, 11) is 0. The molecule has 1 aliphatic rings. The van der Waals surface area contributed by atoms with E-state index < -0.39 is 29.6 Å². The first-order valence-corrected chi connectivity index (χ1v) is 10.2. The number of rotatable bonds is 6. The van der Waals surface area contributed by atoms with Crippen LogP contribution in [-0.2, 0) is 14.3 Å². The van der Waals surface area contributed by atoms with E-state index >= 15 is 0 Å². The number of hydrogen-bond acceptors (Lipinski definition) is 6. The maximum atomic E-state index is 13.5. The molecule has 2 heterocycles. The lowest BCUT2D eigenvalue weighted by Crippen LogP contribution is -2.40. The van der Waals surface area contributed by atoms with Crippen LogP contribution in [0.4, 0.5) is 20.4 Å². The summed E-state index contributed by atoms with van der Waals surface area (Å²) in [6, 6.07) is 11.4. The Morgan fingerprint density at radius 2 is 1.82 bits per heavy atom. The Kier molecular flexibility index (Phi) is 6.16. The SMILES string of the molecule is CCOC(=O)C1=C(C)N(CC(=O)Nc2cc(F)cc(F)c2)c2ncnn2C1c1ccccc1. The van der Waals surface area contributed by atoms with Gasteiger partial charge in [-0.05, 0) is 31.5 Å². The predicted octanol–water partition coefficient (Wildman–Crippen LogP) is 3.44. The molecule has 1 N–H and O–H groups in total. The molecule has 0 radical (unpaired) electrons. The number of carbonyl (C=O) groups excluding carboxylic acids is 2. The lowest BCUT2D eigenvalue weighted by atomic mass is 9.95. The molecule has 1 aromatic heterocycles. The number of ether oxygens (including phenoxy) is 1. The normalized spacial score (nSPS) is 15.3. The number of nitrogens with zero attached hydrogens (tertiary/aromatic N) is 4. The van der Waals surface area contributed by atoms with Crippen molar-refractivity contribution in [3.05, 3.63) is 83.3 Å². The van der Waals surface area contributed by atoms with E-state index in [-0.39, 0.29) is 18.8 Å². The molecule has 8 nitrogen and oxygen atoms in total. The number of nitrogens with one attached hydrogen (secondary N) is 1. The standard InChI is InChI=1S/C23H21F2N5O3/c1-3-33-22(32)20-14(2)29(12-19(31)28-18-10-16(24)9-17(25)11-18)23-26-13-27-30(23)21(20)15-7-5-4-6-8-15/h4-11,13,21H,3,12H2,1-2H3,(H,28,31). The molecule has 10 heteroatoms. The number of aromatic nitrogens is 3. The average molecular weight is 453 g/mol. The molecule has 2 aromatic carbocycles. The molecule has 0 fully saturated rings. The van der Waals surface area contributed by atoms with Crippen molar-refractivity contribution in [2.45, 2.75) is 19.9 Å². The third-order valence-corrected chi connectivity index (χ3v) is 5.17. The number of amides is 1. The highest BCUT2D eigenvalue weighted by Crippen LogP contribution is 2.38. The van der Waals surface area contributed by atoms with Gasteiger partial charge in [-0.25, -0.2) is 18.3 Å². The summed E-state index contributed by atoms with van der Waals surface area (Å²) >= 11 is 0. The molecule has 4 rings (SSSR count). The van der Waals surface area contributed by atoms with Crippen molar-refractivity contribution < 1.29 is 23.1 Å². The van der Waals surface area contributed by atoms with Crippen LogP contribution >= 0.6 is 0 Å². The Bertz CT molecular complexity index is 1210. The Balaban J connectivity index is 1.71. The van der Waals surface area contributed by atoms with Gasteiger partial charge in [0.2, 0.25) is 11.9 Å². The number of anilines is 2. The lowest BCUT2D eigenvalue weighted by molar-refractivity contribution is -0.139. The number of carbonyl (C=O) groups is 2. The fourth-order valence-corrected chi connectivity index (χ4v) is 3.81. The van der Waals surface area contributed by atoms with Crippen molar-refractivity contribution in [1.29, 1.82) is 0 Å². The van der Waals surface area contributed by atoms with Gasteiger partial charge < -0.3 is 15.0 Å². The summed E-state index contributed by atoms with van der Waals surface area (Å²) in [5, 5.41) is 6.77. The largest absolute Gasteiger partial charge is 0.463 e. The van der Waals surface area contributed by atoms with Crippen LogP contribution < -0.4 is 10.2 Å². The minimum absolute atomic E-state index is 0.0228. The van der Waals surface area contributed by atoms with Crippen molar-refractivity contribution in [1.82, 2.24) is 14.8 Å². The van der Waals surface area contributed by atoms with Gasteiger partial charge in [-0.2, -0.15) is 10.1 Å². The van der Waals surface area contributed by atoms with Crippen LogP contribution in [0.3, 0.4) is 0 Å². The molecule has 170 valence electrons. The quantitative estimate of drug-likeness (QED) is 0.575. The van der Waals surface area contributed by atoms with Gasteiger partial charge in [-0.1, -0.05) is 30.3 Å². The van der Waals surface area contributed by atoms with E-state index in [9.17, 15) is 18.4 Å². The summed E-state index contributed by atoms with van der Waals surface area (Å²) in [5.74, 6) is -2.38. The van der Waals surface area contributed by atoms with Crippen molar-refractivity contribution in [3.8, 4) is 0 Å². The van der Waals surface area contributed by atoms with E-state index in [1.54, 1.807) is 18.5 Å². The molecule has 1 unspecified atom stereocenters. The highest BCUT2D eigenvalue weighted by atomic mass is 19.1. The van der Waals surface area contributed by atoms with Gasteiger partial charge >= 0.3 is 5.97 Å². The van der Waals surface area contributed by atoms with Crippen molar-refractivity contribution in [2.75, 3.05) is 23.4 Å². The van der Waals surface area contributed by atoms with Gasteiger partial charge in [0.25, 0.3) is 0 Å². The van der Waals surface area contributed by atoms with E-state index in [1.807, 2.05) is 30.3 Å². The molecule has 1 amide bonds. The van der Waals surface area contributed by atoms with Crippen LogP contribution in [0.2, 0.25) is 0 Å². The minimum Gasteiger partial charge on any atom is -0.463 e. The zero-order chi connectivity index (χ0) is 23.5. The molecule has 0 spiro atoms. The smallest absolute Gasteiger partial charge is 0.338 e. The summed E-state index contributed by atoms with van der Waals surface area (Å²) in [4.78, 5) is 31.5. The molecule has 0 aliphatic carbocycles. The summed E-state index contributed by atoms with van der Waals surface area (Å²) in [5.41, 5.74) is 1.55. The fraction of sp³-hybridized carbons (Fsp3) is 0.217. The Labute approximate surface area is 188 Å². The van der Waals surface area contributed by atoms with Gasteiger partial charge in [-0.3, -0.25) is 4.79 Å². The number of hydrogen-bond donors (Lipinski definition) is 1. The zero-order valence-electron chi connectivity index (χ0n) is 18.0. The number of esters is 1. The average Bonchev–Trinajstić information content (AvgIpc) is 3.24. The van der Waals surface area contributed by atoms with Crippen LogP contribution in [0.5, 0.6) is 0 Å². The van der Waals surface area contributed by atoms with E-state index in [0.29, 0.717) is 23.3 Å². The van der Waals surface area contributed by atoms with Crippen LogP contribution in [-0.4, -0.2) is 39.8 Å². The van der Waals surface area contributed by atoms with Crippen LogP contribution in [0, 0.1) is 11.6 Å². The fourth-order valence-electron chi connectivity index (χ4n) is 3.81. The Morgan fingerprint density at radius 3 is 2.48 bits per heavy atom. The molecule has 33 heavy (non-hydrogen) atoms. The molecule has 1 aliphatic heterocycles. The zero-order valence-corrected chi connectivity index (χ0v) is 18.0. The van der Waals surface area contributed by atoms with Crippen LogP contribution in [0.25, 0.3) is 0 Å². The summed E-state index contributed by atoms with van der Waals surface area (Å²) in [6.45, 7) is 3.30. The highest BCUT2D eigenvalue weighted by molar-refractivity contribution is 5.96. The Hall–Kier alpha value is -4.08. The van der Waals surface area contributed by atoms with E-state index in [0.717, 1.165) is 17.7 Å². The summed E-state index contributed by atoms with van der Waals surface area (Å²) in [6.07, 6.45) is 1.33. The second kappa shape index (κ2) is 9.19. The molecule has 0 bridgehead atoms. The van der Waals surface area contributed by atoms with Crippen molar-refractivity contribution in [3.63, 3.8) is 0 Å². The van der Waals surface area contributed by atoms with Crippen molar-refractivity contribution in [2.24, 2.45) is 0 Å². The number of allylic oxidation sites excluding steroid dienone is 1. The molecular weight excluding hydrogens is 432 g/mol. The first kappa shape index (κ1) is 22.1. The van der Waals surface area contributed by atoms with Gasteiger partial charge in [0.15, 0.2) is 0 Å². The topological polar surface area (TPSA) is 89.3 Å². The maximum Gasteiger partial charge on any atom is 0.338 e. The number of halogens is 2. The second-order valence-corrected chi connectivity index (χ2v) is 7.33.